The largest absolute Gasteiger partial charge is 0.351 e. The van der Waals surface area contributed by atoms with Gasteiger partial charge in [0, 0.05) is 18.9 Å². The van der Waals surface area contributed by atoms with Gasteiger partial charge in [-0.1, -0.05) is 23.4 Å². The van der Waals surface area contributed by atoms with Gasteiger partial charge in [0.1, 0.15) is 0 Å². The number of fused-ring (bicyclic) bond motifs is 1. The number of carbonyl (C=O) groups is 1. The summed E-state index contributed by atoms with van der Waals surface area (Å²) >= 11 is 0. The van der Waals surface area contributed by atoms with E-state index in [0.29, 0.717) is 26.3 Å². The zero-order valence-corrected chi connectivity index (χ0v) is 18.0. The molecule has 0 bridgehead atoms. The molecule has 0 aliphatic heterocycles. The van der Waals surface area contributed by atoms with Gasteiger partial charge in [-0.2, -0.15) is 5.10 Å². The summed E-state index contributed by atoms with van der Waals surface area (Å²) in [5.74, 6) is -0.281. The van der Waals surface area contributed by atoms with Crippen molar-refractivity contribution in [3.63, 3.8) is 0 Å². The molecule has 164 valence electrons. The van der Waals surface area contributed by atoms with Gasteiger partial charge >= 0.3 is 0 Å². The van der Waals surface area contributed by atoms with Crippen LogP contribution in [0.15, 0.2) is 36.5 Å². The highest BCUT2D eigenvalue weighted by atomic mass is 16.7. The second kappa shape index (κ2) is 9.84. The predicted octanol–water partition coefficient (Wildman–Crippen LogP) is 2.28. The third kappa shape index (κ3) is 4.83. The quantitative estimate of drug-likeness (QED) is 0.502. The summed E-state index contributed by atoms with van der Waals surface area (Å²) in [7, 11) is 0. The van der Waals surface area contributed by atoms with Gasteiger partial charge in [0.15, 0.2) is 12.0 Å². The fourth-order valence-corrected chi connectivity index (χ4v) is 3.86. The highest BCUT2D eigenvalue weighted by molar-refractivity contribution is 5.91. The van der Waals surface area contributed by atoms with Crippen LogP contribution in [0.3, 0.4) is 0 Å². The Morgan fingerprint density at radius 3 is 2.68 bits per heavy atom. The number of benzene rings is 1. The molecular weight excluding hydrogens is 396 g/mol. The van der Waals surface area contributed by atoms with Crippen molar-refractivity contribution in [1.29, 1.82) is 0 Å². The Morgan fingerprint density at radius 2 is 1.94 bits per heavy atom. The van der Waals surface area contributed by atoms with Gasteiger partial charge in [-0.05, 0) is 50.8 Å². The summed E-state index contributed by atoms with van der Waals surface area (Å²) in [4.78, 5) is 12.6. The number of nitrogens with one attached hydrogen (secondary N) is 1. The minimum Gasteiger partial charge on any atom is -0.351 e. The molecule has 31 heavy (non-hydrogen) atoms. The normalized spacial score (nSPS) is 13.0. The van der Waals surface area contributed by atoms with Crippen LogP contribution < -0.4 is 5.32 Å². The number of para-hydroxylation sites is 1. The van der Waals surface area contributed by atoms with Crippen molar-refractivity contribution in [1.82, 2.24) is 30.1 Å². The monoisotopic (exact) mass is 424 g/mol. The lowest BCUT2D eigenvalue weighted by Crippen LogP contribution is -2.25. The Morgan fingerprint density at radius 1 is 1.16 bits per heavy atom. The molecule has 2 aromatic heterocycles. The first-order chi connectivity index (χ1) is 15.2. The van der Waals surface area contributed by atoms with Crippen molar-refractivity contribution in [3.05, 3.63) is 59.2 Å². The lowest BCUT2D eigenvalue weighted by molar-refractivity contribution is -0.145. The summed E-state index contributed by atoms with van der Waals surface area (Å²) in [5, 5.41) is 15.7. The standard InChI is InChI=1S/C22H28N6O3/c1-3-30-21(31-4-2)15-27-14-19(24-26-27)22(29)23-13-18-17-11-8-12-20(17)28(25-18)16-9-6-5-7-10-16/h5-7,9-10,14,21H,3-4,8,11-13,15H2,1-2H3,(H,23,29). The molecular formula is C22H28N6O3. The molecule has 0 saturated carbocycles. The number of rotatable bonds is 10. The molecule has 9 heteroatoms. The van der Waals surface area contributed by atoms with Crippen LogP contribution >= 0.6 is 0 Å². The molecule has 0 radical (unpaired) electrons. The molecule has 4 rings (SSSR count). The smallest absolute Gasteiger partial charge is 0.273 e. The lowest BCUT2D eigenvalue weighted by Gasteiger charge is -2.16. The molecule has 2 heterocycles. The number of nitrogens with zero attached hydrogens (tertiary/aromatic N) is 5. The van der Waals surface area contributed by atoms with Gasteiger partial charge in [0.05, 0.1) is 30.7 Å². The third-order valence-electron chi connectivity index (χ3n) is 5.24. The van der Waals surface area contributed by atoms with Crippen LogP contribution in [0.1, 0.15) is 47.7 Å². The highest BCUT2D eigenvalue weighted by Crippen LogP contribution is 2.27. The summed E-state index contributed by atoms with van der Waals surface area (Å²) in [6.07, 6.45) is 4.28. The first-order valence-electron chi connectivity index (χ1n) is 10.8. The molecule has 0 saturated heterocycles. The average molecular weight is 425 g/mol. The van der Waals surface area contributed by atoms with Gasteiger partial charge in [-0.15, -0.1) is 5.10 Å². The molecule has 0 spiro atoms. The van der Waals surface area contributed by atoms with Gasteiger partial charge in [0.2, 0.25) is 0 Å². The molecule has 9 nitrogen and oxygen atoms in total. The van der Waals surface area contributed by atoms with E-state index in [9.17, 15) is 4.79 Å². The van der Waals surface area contributed by atoms with Crippen molar-refractivity contribution < 1.29 is 14.3 Å². The molecule has 1 amide bonds. The topological polar surface area (TPSA) is 96.1 Å². The molecule has 0 fully saturated rings. The zero-order valence-electron chi connectivity index (χ0n) is 18.0. The van der Waals surface area contributed by atoms with Crippen molar-refractivity contribution in [2.24, 2.45) is 0 Å². The highest BCUT2D eigenvalue weighted by Gasteiger charge is 2.23. The minimum absolute atomic E-state index is 0.255. The van der Waals surface area contributed by atoms with Crippen molar-refractivity contribution >= 4 is 5.91 Å². The van der Waals surface area contributed by atoms with E-state index in [1.165, 1.54) is 11.3 Å². The second-order valence-electron chi connectivity index (χ2n) is 7.32. The van der Waals surface area contributed by atoms with Crippen LogP contribution in [0.5, 0.6) is 0 Å². The van der Waals surface area contributed by atoms with E-state index < -0.39 is 6.29 Å². The number of aromatic nitrogens is 5. The van der Waals surface area contributed by atoms with E-state index in [-0.39, 0.29) is 11.6 Å². The Labute approximate surface area is 181 Å². The average Bonchev–Trinajstić information content (AvgIpc) is 3.50. The summed E-state index contributed by atoms with van der Waals surface area (Å²) in [6, 6.07) is 10.1. The maximum absolute atomic E-state index is 12.6. The van der Waals surface area contributed by atoms with Crippen LogP contribution in [-0.4, -0.2) is 50.2 Å². The summed E-state index contributed by atoms with van der Waals surface area (Å²) in [5.41, 5.74) is 4.68. The second-order valence-corrected chi connectivity index (χ2v) is 7.32. The molecule has 0 unspecified atom stereocenters. The summed E-state index contributed by atoms with van der Waals surface area (Å²) in [6.45, 7) is 5.61. The van der Waals surface area contributed by atoms with Crippen LogP contribution in [-0.2, 0) is 35.4 Å². The van der Waals surface area contributed by atoms with Crippen LogP contribution in [0, 0.1) is 0 Å². The Hall–Kier alpha value is -3.04. The van der Waals surface area contributed by atoms with Crippen LogP contribution in [0.4, 0.5) is 0 Å². The SMILES string of the molecule is CCOC(Cn1cc(C(=O)NCc2nn(-c3ccccc3)c3c2CCC3)nn1)OCC. The van der Waals surface area contributed by atoms with Gasteiger partial charge in [-0.3, -0.25) is 4.79 Å². The molecule has 1 aliphatic rings. The Bertz CT molecular complexity index is 1010. The predicted molar refractivity (Wildman–Crippen MR) is 114 cm³/mol. The van der Waals surface area contributed by atoms with Gasteiger partial charge < -0.3 is 14.8 Å². The van der Waals surface area contributed by atoms with Crippen molar-refractivity contribution in [2.45, 2.75) is 52.5 Å². The molecule has 1 aromatic carbocycles. The van der Waals surface area contributed by atoms with Gasteiger partial charge in [-0.25, -0.2) is 9.36 Å². The zero-order chi connectivity index (χ0) is 21.6. The first kappa shape index (κ1) is 21.2. The molecule has 3 aromatic rings. The van der Waals surface area contributed by atoms with E-state index in [1.807, 2.05) is 48.9 Å². The number of hydrogen-bond donors (Lipinski definition) is 1. The van der Waals surface area contributed by atoms with E-state index >= 15 is 0 Å². The minimum atomic E-state index is -0.419. The third-order valence-corrected chi connectivity index (χ3v) is 5.24. The van der Waals surface area contributed by atoms with Crippen LogP contribution in [0.2, 0.25) is 0 Å². The van der Waals surface area contributed by atoms with Crippen molar-refractivity contribution in [2.75, 3.05) is 13.2 Å². The number of hydrogen-bond acceptors (Lipinski definition) is 6. The number of amides is 1. The fraction of sp³-hybridized carbons (Fsp3) is 0.455. The molecule has 1 N–H and O–H groups in total. The van der Waals surface area contributed by atoms with Crippen molar-refractivity contribution in [3.8, 4) is 5.69 Å². The Kier molecular flexibility index (Phi) is 6.73. The molecule has 0 atom stereocenters. The molecule has 1 aliphatic carbocycles. The summed E-state index contributed by atoms with van der Waals surface area (Å²) < 4.78 is 14.6. The van der Waals surface area contributed by atoms with E-state index in [4.69, 9.17) is 14.6 Å². The van der Waals surface area contributed by atoms with Crippen LogP contribution in [0.25, 0.3) is 5.69 Å². The number of carbonyl (C=O) groups excluding carboxylic acids is 1. The van der Waals surface area contributed by atoms with E-state index in [1.54, 1.807) is 10.9 Å². The first-order valence-corrected chi connectivity index (χ1v) is 10.8. The van der Waals surface area contributed by atoms with E-state index in [0.717, 1.165) is 30.6 Å². The van der Waals surface area contributed by atoms with E-state index in [2.05, 4.69) is 15.6 Å². The van der Waals surface area contributed by atoms with Gasteiger partial charge in [0.25, 0.3) is 5.91 Å². The lowest BCUT2D eigenvalue weighted by atomic mass is 10.2. The maximum Gasteiger partial charge on any atom is 0.273 e. The number of ether oxygens (including phenoxy) is 2. The fourth-order valence-electron chi connectivity index (χ4n) is 3.86. The Balaban J connectivity index is 1.41. The maximum atomic E-state index is 12.6.